The van der Waals surface area contributed by atoms with Gasteiger partial charge < -0.3 is 19.9 Å². The maximum atomic E-state index is 13.2. The highest BCUT2D eigenvalue weighted by molar-refractivity contribution is 5.79. The third-order valence-electron chi connectivity index (χ3n) is 6.17. The lowest BCUT2D eigenvalue weighted by atomic mass is 9.91. The van der Waals surface area contributed by atoms with Gasteiger partial charge in [0, 0.05) is 39.4 Å². The van der Waals surface area contributed by atoms with Crippen molar-refractivity contribution in [2.75, 3.05) is 32.8 Å². The lowest BCUT2D eigenvalue weighted by molar-refractivity contribution is -0.140. The van der Waals surface area contributed by atoms with Crippen LogP contribution in [0.1, 0.15) is 30.5 Å². The molecule has 0 unspecified atom stereocenters. The van der Waals surface area contributed by atoms with Gasteiger partial charge in [0.1, 0.15) is 6.61 Å². The van der Waals surface area contributed by atoms with Crippen LogP contribution in [0.3, 0.4) is 0 Å². The van der Waals surface area contributed by atoms with E-state index in [9.17, 15) is 22.8 Å². The number of nitrogens with zero attached hydrogens (tertiary/aromatic N) is 4. The smallest absolute Gasteiger partial charge is 0.366 e. The van der Waals surface area contributed by atoms with E-state index >= 15 is 0 Å². The average Bonchev–Trinajstić information content (AvgIpc) is 3.08. The fourth-order valence-electron chi connectivity index (χ4n) is 4.60. The Morgan fingerprint density at radius 2 is 1.93 bits per heavy atom. The molecule has 8 nitrogen and oxygen atoms in total. The average molecular weight is 429 g/mol. The number of likely N-dealkylation sites (tertiary alicyclic amines) is 2. The van der Waals surface area contributed by atoms with Gasteiger partial charge in [-0.15, -0.1) is 0 Å². The van der Waals surface area contributed by atoms with Crippen LogP contribution in [-0.4, -0.2) is 76.5 Å². The molecule has 11 heteroatoms. The van der Waals surface area contributed by atoms with Crippen LogP contribution in [0.25, 0.3) is 0 Å². The van der Waals surface area contributed by atoms with Crippen molar-refractivity contribution >= 4 is 11.9 Å². The topological polar surface area (TPSA) is 79.7 Å². The second-order valence-electron chi connectivity index (χ2n) is 8.34. The first-order valence-electron chi connectivity index (χ1n) is 10.2. The number of hydrogen-bond donors (Lipinski definition) is 1. The standard InChI is InChI=1S/C19H26F3N5O3/c1-25-9-13(19(20,21)22)14(24-25)8-12-2-5-26(6-3-12)18(29)27-7-4-16-15(10-27)23-17(28)11-30-16/h9,12,15-16H,2-8,10-11H2,1H3,(H,23,28)/t15-,16+/m1/s1. The molecule has 0 radical (unpaired) electrons. The number of amides is 3. The van der Waals surface area contributed by atoms with Gasteiger partial charge in [0.05, 0.1) is 23.4 Å². The number of aryl methyl sites for hydroxylation is 1. The fraction of sp³-hybridized carbons (Fsp3) is 0.737. The number of halogens is 3. The SMILES string of the molecule is Cn1cc(C(F)(F)F)c(CC2CCN(C(=O)N3CC[C@@H]4OCC(=O)N[C@@H]4C3)CC2)n1. The van der Waals surface area contributed by atoms with Gasteiger partial charge in [-0.25, -0.2) is 4.79 Å². The van der Waals surface area contributed by atoms with E-state index in [-0.39, 0.29) is 48.7 Å². The molecule has 0 saturated carbocycles. The Balaban J connectivity index is 1.31. The van der Waals surface area contributed by atoms with Crippen molar-refractivity contribution in [3.05, 3.63) is 17.5 Å². The molecular weight excluding hydrogens is 403 g/mol. The highest BCUT2D eigenvalue weighted by atomic mass is 19.4. The van der Waals surface area contributed by atoms with Crippen molar-refractivity contribution in [2.24, 2.45) is 13.0 Å². The first-order valence-corrected chi connectivity index (χ1v) is 10.2. The van der Waals surface area contributed by atoms with Crippen molar-refractivity contribution in [2.45, 2.75) is 44.0 Å². The lowest BCUT2D eigenvalue weighted by Gasteiger charge is -2.43. The van der Waals surface area contributed by atoms with Gasteiger partial charge >= 0.3 is 12.2 Å². The molecule has 3 aliphatic heterocycles. The number of carbonyl (C=O) groups is 2. The fourth-order valence-corrected chi connectivity index (χ4v) is 4.60. The zero-order chi connectivity index (χ0) is 21.5. The Kier molecular flexibility index (Phi) is 5.65. The minimum atomic E-state index is -4.41. The molecule has 30 heavy (non-hydrogen) atoms. The van der Waals surface area contributed by atoms with Gasteiger partial charge in [-0.05, 0) is 31.6 Å². The molecule has 0 bridgehead atoms. The van der Waals surface area contributed by atoms with Crippen LogP contribution in [0.15, 0.2) is 6.20 Å². The number of hydrogen-bond acceptors (Lipinski definition) is 4. The summed E-state index contributed by atoms with van der Waals surface area (Å²) in [5.41, 5.74) is -0.604. The van der Waals surface area contributed by atoms with Gasteiger partial charge in [0.25, 0.3) is 0 Å². The number of alkyl halides is 3. The second-order valence-corrected chi connectivity index (χ2v) is 8.34. The number of aromatic nitrogens is 2. The minimum Gasteiger partial charge on any atom is -0.366 e. The number of morpholine rings is 1. The van der Waals surface area contributed by atoms with Crippen LogP contribution < -0.4 is 5.32 Å². The third kappa shape index (κ3) is 4.40. The largest absolute Gasteiger partial charge is 0.419 e. The quantitative estimate of drug-likeness (QED) is 0.771. The normalized spacial score (nSPS) is 25.8. The summed E-state index contributed by atoms with van der Waals surface area (Å²) in [5.74, 6) is -0.110. The molecule has 3 aliphatic rings. The van der Waals surface area contributed by atoms with Crippen LogP contribution in [0, 0.1) is 5.92 Å². The third-order valence-corrected chi connectivity index (χ3v) is 6.17. The van der Waals surface area contributed by atoms with Crippen LogP contribution in [0.2, 0.25) is 0 Å². The molecule has 0 aromatic carbocycles. The lowest BCUT2D eigenvalue weighted by Crippen LogP contribution is -2.62. The zero-order valence-corrected chi connectivity index (χ0v) is 16.8. The van der Waals surface area contributed by atoms with Crippen molar-refractivity contribution in [1.29, 1.82) is 0 Å². The van der Waals surface area contributed by atoms with E-state index in [2.05, 4.69) is 10.4 Å². The molecule has 3 amide bonds. The number of nitrogens with one attached hydrogen (secondary N) is 1. The monoisotopic (exact) mass is 429 g/mol. The minimum absolute atomic E-state index is 0.0568. The summed E-state index contributed by atoms with van der Waals surface area (Å²) >= 11 is 0. The summed E-state index contributed by atoms with van der Waals surface area (Å²) < 4.78 is 46.3. The van der Waals surface area contributed by atoms with Gasteiger partial charge in [0.2, 0.25) is 5.91 Å². The number of rotatable bonds is 2. The first kappa shape index (κ1) is 21.0. The summed E-state index contributed by atoms with van der Waals surface area (Å²) in [7, 11) is 1.49. The van der Waals surface area contributed by atoms with E-state index in [4.69, 9.17) is 4.74 Å². The molecule has 2 atom stereocenters. The molecule has 1 N–H and O–H groups in total. The maximum absolute atomic E-state index is 13.2. The Morgan fingerprint density at radius 1 is 1.23 bits per heavy atom. The zero-order valence-electron chi connectivity index (χ0n) is 16.8. The number of fused-ring (bicyclic) bond motifs is 1. The number of ether oxygens (including phenoxy) is 1. The van der Waals surface area contributed by atoms with Gasteiger partial charge in [-0.1, -0.05) is 0 Å². The number of carbonyl (C=O) groups excluding carboxylic acids is 2. The molecular formula is C19H26F3N5O3. The molecule has 3 fully saturated rings. The molecule has 3 saturated heterocycles. The summed E-state index contributed by atoms with van der Waals surface area (Å²) in [6.45, 7) is 2.06. The predicted molar refractivity (Wildman–Crippen MR) is 99.5 cm³/mol. The Bertz CT molecular complexity index is 804. The molecule has 4 rings (SSSR count). The molecule has 1 aromatic heterocycles. The van der Waals surface area contributed by atoms with E-state index < -0.39 is 11.7 Å². The van der Waals surface area contributed by atoms with E-state index in [1.165, 1.54) is 11.7 Å². The molecule has 0 aliphatic carbocycles. The van der Waals surface area contributed by atoms with Crippen LogP contribution in [0.4, 0.5) is 18.0 Å². The first-order chi connectivity index (χ1) is 14.2. The van der Waals surface area contributed by atoms with E-state index in [1.54, 1.807) is 9.80 Å². The van der Waals surface area contributed by atoms with E-state index in [1.807, 2.05) is 0 Å². The van der Waals surface area contributed by atoms with Crippen molar-refractivity contribution in [1.82, 2.24) is 24.9 Å². The summed E-state index contributed by atoms with van der Waals surface area (Å²) in [5, 5.41) is 6.89. The second kappa shape index (κ2) is 8.09. The number of piperidine rings is 2. The maximum Gasteiger partial charge on any atom is 0.419 e. The molecule has 0 spiro atoms. The van der Waals surface area contributed by atoms with Crippen molar-refractivity contribution in [3.8, 4) is 0 Å². The van der Waals surface area contributed by atoms with Crippen LogP contribution in [-0.2, 0) is 29.2 Å². The Morgan fingerprint density at radius 3 is 2.63 bits per heavy atom. The van der Waals surface area contributed by atoms with Gasteiger partial charge in [-0.3, -0.25) is 9.48 Å². The summed E-state index contributed by atoms with van der Waals surface area (Å²) in [6.07, 6.45) is -1.24. The molecule has 1 aromatic rings. The summed E-state index contributed by atoms with van der Waals surface area (Å²) in [6, 6.07) is -0.271. The van der Waals surface area contributed by atoms with Crippen LogP contribution in [0.5, 0.6) is 0 Å². The highest BCUT2D eigenvalue weighted by Gasteiger charge is 2.39. The van der Waals surface area contributed by atoms with E-state index in [0.717, 1.165) is 6.20 Å². The summed E-state index contributed by atoms with van der Waals surface area (Å²) in [4.78, 5) is 27.9. The van der Waals surface area contributed by atoms with Crippen molar-refractivity contribution in [3.63, 3.8) is 0 Å². The van der Waals surface area contributed by atoms with Crippen molar-refractivity contribution < 1.29 is 27.5 Å². The van der Waals surface area contributed by atoms with E-state index in [0.29, 0.717) is 45.4 Å². The predicted octanol–water partition coefficient (Wildman–Crippen LogP) is 1.40. The van der Waals surface area contributed by atoms with Gasteiger partial charge in [0.15, 0.2) is 0 Å². The Hall–Kier alpha value is -2.30. The highest BCUT2D eigenvalue weighted by Crippen LogP contribution is 2.33. The molecule has 4 heterocycles. The van der Waals surface area contributed by atoms with Gasteiger partial charge in [-0.2, -0.15) is 18.3 Å². The Labute approximate surface area is 172 Å². The van der Waals surface area contributed by atoms with Crippen LogP contribution >= 0.6 is 0 Å². The number of urea groups is 1. The molecule has 166 valence electrons.